The largest absolute Gasteiger partial charge is 0.300 e. The molecule has 1 saturated heterocycles. The first-order valence-electron chi connectivity index (χ1n) is 6.21. The van der Waals surface area contributed by atoms with Crippen molar-refractivity contribution in [2.24, 2.45) is 4.99 Å². The third kappa shape index (κ3) is 3.37. The SMILES string of the molecule is Cc1ccsc1/C=C1\SC(=Nc2ccc(Cl)cc2)NC1=O. The fourth-order valence-corrected chi connectivity index (χ4v) is 3.65. The van der Waals surface area contributed by atoms with Gasteiger partial charge in [-0.05, 0) is 66.0 Å². The van der Waals surface area contributed by atoms with Crippen LogP contribution in [0.1, 0.15) is 10.4 Å². The molecule has 1 amide bonds. The van der Waals surface area contributed by atoms with E-state index < -0.39 is 0 Å². The molecule has 21 heavy (non-hydrogen) atoms. The van der Waals surface area contributed by atoms with Crippen LogP contribution in [0.5, 0.6) is 0 Å². The number of thioether (sulfide) groups is 1. The summed E-state index contributed by atoms with van der Waals surface area (Å²) >= 11 is 8.81. The van der Waals surface area contributed by atoms with E-state index in [9.17, 15) is 4.79 Å². The second-order valence-corrected chi connectivity index (χ2v) is 6.84. The van der Waals surface area contributed by atoms with Gasteiger partial charge in [0.05, 0.1) is 10.6 Å². The number of thiophene rings is 1. The zero-order chi connectivity index (χ0) is 14.8. The minimum atomic E-state index is -0.111. The molecular formula is C15H11ClN2OS2. The number of carbonyl (C=O) groups excluding carboxylic acids is 1. The topological polar surface area (TPSA) is 41.5 Å². The lowest BCUT2D eigenvalue weighted by Gasteiger charge is -1.96. The van der Waals surface area contributed by atoms with Crippen LogP contribution in [-0.2, 0) is 4.79 Å². The zero-order valence-electron chi connectivity index (χ0n) is 11.1. The molecule has 2 aromatic rings. The molecule has 0 bridgehead atoms. The van der Waals surface area contributed by atoms with E-state index in [0.29, 0.717) is 15.1 Å². The third-order valence-corrected chi connectivity index (χ3v) is 5.00. The van der Waals surface area contributed by atoms with Crippen LogP contribution >= 0.6 is 34.7 Å². The van der Waals surface area contributed by atoms with Crippen LogP contribution in [0, 0.1) is 6.92 Å². The van der Waals surface area contributed by atoms with E-state index in [1.165, 1.54) is 17.3 Å². The summed E-state index contributed by atoms with van der Waals surface area (Å²) in [6.45, 7) is 2.03. The molecule has 106 valence electrons. The molecule has 0 saturated carbocycles. The predicted molar refractivity (Wildman–Crippen MR) is 91.3 cm³/mol. The Hall–Kier alpha value is -1.56. The van der Waals surface area contributed by atoms with Crippen molar-refractivity contribution in [2.75, 3.05) is 0 Å². The molecule has 0 unspecified atom stereocenters. The number of amidine groups is 1. The number of halogens is 1. The molecule has 1 fully saturated rings. The average Bonchev–Trinajstić information content (AvgIpc) is 3.00. The Balaban J connectivity index is 1.83. The van der Waals surface area contributed by atoms with Crippen molar-refractivity contribution in [2.45, 2.75) is 6.92 Å². The number of nitrogens with zero attached hydrogens (tertiary/aromatic N) is 1. The number of rotatable bonds is 2. The lowest BCUT2D eigenvalue weighted by molar-refractivity contribution is -0.115. The molecule has 3 nitrogen and oxygen atoms in total. The quantitative estimate of drug-likeness (QED) is 0.815. The zero-order valence-corrected chi connectivity index (χ0v) is 13.5. The van der Waals surface area contributed by atoms with Gasteiger partial charge >= 0.3 is 0 Å². The van der Waals surface area contributed by atoms with E-state index in [4.69, 9.17) is 11.6 Å². The number of aryl methyl sites for hydroxylation is 1. The highest BCUT2D eigenvalue weighted by atomic mass is 35.5. The number of hydrogen-bond donors (Lipinski definition) is 1. The smallest absolute Gasteiger partial charge is 0.264 e. The highest BCUT2D eigenvalue weighted by Gasteiger charge is 2.24. The number of benzene rings is 1. The van der Waals surface area contributed by atoms with Gasteiger partial charge in [0.15, 0.2) is 5.17 Å². The van der Waals surface area contributed by atoms with Gasteiger partial charge in [0.1, 0.15) is 0 Å². The van der Waals surface area contributed by atoms with Gasteiger partial charge in [-0.15, -0.1) is 11.3 Å². The molecule has 3 rings (SSSR count). The molecule has 0 radical (unpaired) electrons. The highest BCUT2D eigenvalue weighted by molar-refractivity contribution is 8.18. The first-order chi connectivity index (χ1) is 10.1. The first kappa shape index (κ1) is 14.4. The van der Waals surface area contributed by atoms with Gasteiger partial charge in [0.25, 0.3) is 5.91 Å². The molecule has 1 aromatic heterocycles. The molecule has 0 aliphatic carbocycles. The second-order valence-electron chi connectivity index (χ2n) is 4.43. The molecular weight excluding hydrogens is 324 g/mol. The van der Waals surface area contributed by atoms with Crippen molar-refractivity contribution < 1.29 is 4.79 Å². The maximum atomic E-state index is 12.0. The van der Waals surface area contributed by atoms with E-state index >= 15 is 0 Å². The minimum Gasteiger partial charge on any atom is -0.300 e. The average molecular weight is 335 g/mol. The summed E-state index contributed by atoms with van der Waals surface area (Å²) in [5.41, 5.74) is 1.93. The Bertz CT molecular complexity index is 747. The van der Waals surface area contributed by atoms with E-state index in [2.05, 4.69) is 10.3 Å². The molecule has 1 aliphatic heterocycles. The summed E-state index contributed by atoms with van der Waals surface area (Å²) in [5.74, 6) is -0.111. The molecule has 6 heteroatoms. The van der Waals surface area contributed by atoms with Crippen LogP contribution in [0.2, 0.25) is 5.02 Å². The van der Waals surface area contributed by atoms with Crippen LogP contribution in [0.15, 0.2) is 45.6 Å². The van der Waals surface area contributed by atoms with Crippen LogP contribution in [-0.4, -0.2) is 11.1 Å². The number of amides is 1. The normalized spacial score (nSPS) is 18.5. The van der Waals surface area contributed by atoms with Crippen molar-refractivity contribution in [3.8, 4) is 0 Å². The fraction of sp³-hybridized carbons (Fsp3) is 0.0667. The summed E-state index contributed by atoms with van der Waals surface area (Å²) in [4.78, 5) is 18.1. The number of nitrogens with one attached hydrogen (secondary N) is 1. The summed E-state index contributed by atoms with van der Waals surface area (Å²) < 4.78 is 0. The molecule has 2 heterocycles. The van der Waals surface area contributed by atoms with Crippen molar-refractivity contribution in [3.63, 3.8) is 0 Å². The van der Waals surface area contributed by atoms with Crippen LogP contribution in [0.3, 0.4) is 0 Å². The van der Waals surface area contributed by atoms with Gasteiger partial charge in [-0.2, -0.15) is 0 Å². The van der Waals surface area contributed by atoms with Crippen molar-refractivity contribution in [3.05, 3.63) is 56.1 Å². The van der Waals surface area contributed by atoms with E-state index in [1.807, 2.05) is 36.6 Å². The Labute approximate surface area is 135 Å². The maximum absolute atomic E-state index is 12.0. The molecule has 1 N–H and O–H groups in total. The van der Waals surface area contributed by atoms with E-state index in [1.54, 1.807) is 23.5 Å². The summed E-state index contributed by atoms with van der Waals surface area (Å²) in [7, 11) is 0. The minimum absolute atomic E-state index is 0.111. The summed E-state index contributed by atoms with van der Waals surface area (Å²) in [6.07, 6.45) is 1.91. The number of hydrogen-bond acceptors (Lipinski definition) is 4. The molecule has 1 aromatic carbocycles. The Morgan fingerprint density at radius 2 is 2.00 bits per heavy atom. The molecule has 1 aliphatic rings. The van der Waals surface area contributed by atoms with Crippen molar-refractivity contribution in [1.82, 2.24) is 5.32 Å². The predicted octanol–water partition coefficient (Wildman–Crippen LogP) is 4.60. The second kappa shape index (κ2) is 6.05. The van der Waals surface area contributed by atoms with Crippen LogP contribution < -0.4 is 5.32 Å². The van der Waals surface area contributed by atoms with E-state index in [0.717, 1.165) is 10.6 Å². The van der Waals surface area contributed by atoms with Gasteiger partial charge in [0, 0.05) is 9.90 Å². The van der Waals surface area contributed by atoms with Gasteiger partial charge < -0.3 is 5.32 Å². The lowest BCUT2D eigenvalue weighted by Crippen LogP contribution is -2.19. The third-order valence-electron chi connectivity index (χ3n) is 2.87. The monoisotopic (exact) mass is 334 g/mol. The van der Waals surface area contributed by atoms with Crippen LogP contribution in [0.25, 0.3) is 6.08 Å². The number of carbonyl (C=O) groups is 1. The van der Waals surface area contributed by atoms with Gasteiger partial charge in [-0.25, -0.2) is 4.99 Å². The Kier molecular flexibility index (Phi) is 4.14. The Morgan fingerprint density at radius 3 is 2.67 bits per heavy atom. The van der Waals surface area contributed by atoms with Crippen LogP contribution in [0.4, 0.5) is 5.69 Å². The van der Waals surface area contributed by atoms with Gasteiger partial charge in [-0.1, -0.05) is 11.6 Å². The fourth-order valence-electron chi connectivity index (χ4n) is 1.76. The van der Waals surface area contributed by atoms with Gasteiger partial charge in [0.2, 0.25) is 0 Å². The van der Waals surface area contributed by atoms with Crippen molar-refractivity contribution in [1.29, 1.82) is 0 Å². The highest BCUT2D eigenvalue weighted by Crippen LogP contribution is 2.30. The van der Waals surface area contributed by atoms with Crippen molar-refractivity contribution >= 4 is 57.5 Å². The number of aliphatic imine (C=N–C) groups is 1. The maximum Gasteiger partial charge on any atom is 0.264 e. The Morgan fingerprint density at radius 1 is 1.24 bits per heavy atom. The lowest BCUT2D eigenvalue weighted by atomic mass is 10.3. The van der Waals surface area contributed by atoms with Gasteiger partial charge in [-0.3, -0.25) is 4.79 Å². The summed E-state index contributed by atoms with van der Waals surface area (Å²) in [6, 6.07) is 9.21. The van der Waals surface area contributed by atoms with E-state index in [-0.39, 0.29) is 5.91 Å². The summed E-state index contributed by atoms with van der Waals surface area (Å²) in [5, 5.41) is 6.04. The molecule has 0 atom stereocenters. The molecule has 0 spiro atoms. The first-order valence-corrected chi connectivity index (χ1v) is 8.28. The standard InChI is InChI=1S/C15H11ClN2OS2/c1-9-6-7-20-12(9)8-13-14(19)18-15(21-13)17-11-4-2-10(16)3-5-11/h2-8H,1H3,(H,17,18,19)/b13-8-.